The van der Waals surface area contributed by atoms with Gasteiger partial charge < -0.3 is 9.15 Å². The zero-order chi connectivity index (χ0) is 23.5. The van der Waals surface area contributed by atoms with Gasteiger partial charge in [-0.05, 0) is 43.3 Å². The molecule has 9 heteroatoms. The Morgan fingerprint density at radius 2 is 1.74 bits per heavy atom. The summed E-state index contributed by atoms with van der Waals surface area (Å²) >= 11 is 3.61. The van der Waals surface area contributed by atoms with E-state index in [9.17, 15) is 0 Å². The fraction of sp³-hybridized carbons (Fsp3) is 0.0769. The lowest BCUT2D eigenvalue weighted by Crippen LogP contribution is -2.15. The van der Waals surface area contributed by atoms with Gasteiger partial charge in [0.05, 0.1) is 34.7 Å². The number of nitrogens with zero attached hydrogens (tertiary/aromatic N) is 6. The van der Waals surface area contributed by atoms with Crippen molar-refractivity contribution in [3.05, 3.63) is 106 Å². The number of aryl methyl sites for hydroxylation is 1. The van der Waals surface area contributed by atoms with E-state index >= 15 is 0 Å². The van der Waals surface area contributed by atoms with Crippen molar-refractivity contribution >= 4 is 21.6 Å². The third kappa shape index (κ3) is 3.05. The first-order chi connectivity index (χ1) is 17.2. The Kier molecular flexibility index (Phi) is 4.40. The van der Waals surface area contributed by atoms with E-state index in [4.69, 9.17) is 24.3 Å². The fourth-order valence-electron chi connectivity index (χ4n) is 4.62. The Bertz CT molecular complexity index is 1710. The van der Waals surface area contributed by atoms with Crippen LogP contribution in [0.1, 0.15) is 28.5 Å². The summed E-state index contributed by atoms with van der Waals surface area (Å²) in [5, 5.41) is 9.53. The van der Waals surface area contributed by atoms with Crippen LogP contribution in [0.3, 0.4) is 0 Å². The number of aromatic nitrogens is 6. The van der Waals surface area contributed by atoms with Gasteiger partial charge in [-0.3, -0.25) is 0 Å². The van der Waals surface area contributed by atoms with Gasteiger partial charge in [0.25, 0.3) is 0 Å². The number of hydrogen-bond donors (Lipinski definition) is 0. The highest BCUT2D eigenvalue weighted by molar-refractivity contribution is 9.10. The first-order valence-electron chi connectivity index (χ1n) is 11.1. The minimum absolute atomic E-state index is 0.311. The quantitative estimate of drug-likeness (QED) is 0.285. The molecule has 0 saturated heterocycles. The van der Waals surface area contributed by atoms with Gasteiger partial charge in [0, 0.05) is 10.0 Å². The Morgan fingerprint density at radius 1 is 0.914 bits per heavy atom. The molecule has 0 bridgehead atoms. The first kappa shape index (κ1) is 20.2. The molecule has 0 radical (unpaired) electrons. The van der Waals surface area contributed by atoms with Crippen LogP contribution >= 0.6 is 15.9 Å². The van der Waals surface area contributed by atoms with E-state index in [-0.39, 0.29) is 5.92 Å². The van der Waals surface area contributed by atoms with Crippen LogP contribution in [-0.2, 0) is 0 Å². The van der Waals surface area contributed by atoms with Crippen molar-refractivity contribution in [2.24, 2.45) is 0 Å². The van der Waals surface area contributed by atoms with E-state index in [0.717, 1.165) is 38.3 Å². The predicted molar refractivity (Wildman–Crippen MR) is 132 cm³/mol. The zero-order valence-electron chi connectivity index (χ0n) is 18.5. The van der Waals surface area contributed by atoms with E-state index in [1.54, 1.807) is 17.1 Å². The molecule has 1 aliphatic rings. The van der Waals surface area contributed by atoms with Crippen molar-refractivity contribution in [3.8, 4) is 28.8 Å². The molecule has 7 rings (SSSR count). The molecule has 0 fully saturated rings. The topological polar surface area (TPSA) is 83.3 Å². The molecular formula is C26H17BrN6O2. The van der Waals surface area contributed by atoms with Crippen LogP contribution in [0.25, 0.3) is 22.7 Å². The molecule has 0 spiro atoms. The Labute approximate surface area is 208 Å². The first-order valence-corrected chi connectivity index (χ1v) is 11.8. The standard InChI is InChI=1S/C26H17BrN6O2/c1-15-20-21(19-12-7-13-34-19)22-24-29-23(17-10-5-6-11-18(17)27)31-32(24)14-28-25(22)35-26(20)33(30-15)16-8-3-2-4-9-16/h2-14,21H,1H3. The van der Waals surface area contributed by atoms with Crippen LogP contribution in [0.2, 0.25) is 0 Å². The van der Waals surface area contributed by atoms with Crippen LogP contribution < -0.4 is 4.74 Å². The van der Waals surface area contributed by atoms with Crippen LogP contribution in [0.15, 0.2) is 88.2 Å². The average molecular weight is 525 g/mol. The normalized spacial score (nSPS) is 14.5. The highest BCUT2D eigenvalue weighted by Crippen LogP contribution is 2.49. The number of halogens is 1. The molecule has 0 aliphatic carbocycles. The van der Waals surface area contributed by atoms with Gasteiger partial charge in [0.15, 0.2) is 11.5 Å². The van der Waals surface area contributed by atoms with E-state index < -0.39 is 0 Å². The van der Waals surface area contributed by atoms with Gasteiger partial charge in [0.2, 0.25) is 11.8 Å². The van der Waals surface area contributed by atoms with Crippen LogP contribution in [0, 0.1) is 6.92 Å². The van der Waals surface area contributed by atoms with Gasteiger partial charge in [-0.25, -0.2) is 19.2 Å². The maximum atomic E-state index is 6.42. The third-order valence-electron chi connectivity index (χ3n) is 6.16. The summed E-state index contributed by atoms with van der Waals surface area (Å²) in [6.45, 7) is 1.98. The van der Waals surface area contributed by atoms with Crippen molar-refractivity contribution in [2.75, 3.05) is 0 Å². The number of rotatable bonds is 3. The lowest BCUT2D eigenvalue weighted by molar-refractivity contribution is 0.392. The van der Waals surface area contributed by atoms with Crippen LogP contribution in [0.4, 0.5) is 0 Å². The summed E-state index contributed by atoms with van der Waals surface area (Å²) < 4.78 is 16.8. The summed E-state index contributed by atoms with van der Waals surface area (Å²) in [7, 11) is 0. The van der Waals surface area contributed by atoms with Gasteiger partial charge in [-0.15, -0.1) is 5.10 Å². The largest absolute Gasteiger partial charge is 0.468 e. The fourth-order valence-corrected chi connectivity index (χ4v) is 5.08. The molecule has 6 aromatic rings. The van der Waals surface area contributed by atoms with Crippen molar-refractivity contribution in [2.45, 2.75) is 12.8 Å². The highest BCUT2D eigenvalue weighted by atomic mass is 79.9. The average Bonchev–Trinajstić information content (AvgIpc) is 3.63. The van der Waals surface area contributed by atoms with Crippen molar-refractivity contribution in [1.29, 1.82) is 0 Å². The molecule has 4 aromatic heterocycles. The second-order valence-corrected chi connectivity index (χ2v) is 9.10. The molecule has 170 valence electrons. The van der Waals surface area contributed by atoms with E-state index in [1.165, 1.54) is 0 Å². The van der Waals surface area contributed by atoms with Crippen molar-refractivity contribution in [3.63, 3.8) is 0 Å². The number of fused-ring (bicyclic) bond motifs is 4. The Hall–Kier alpha value is -4.24. The maximum Gasteiger partial charge on any atom is 0.230 e. The molecule has 5 heterocycles. The highest BCUT2D eigenvalue weighted by Gasteiger charge is 2.39. The number of ether oxygens (including phenoxy) is 1. The summed E-state index contributed by atoms with van der Waals surface area (Å²) in [6.07, 6.45) is 3.30. The smallest absolute Gasteiger partial charge is 0.230 e. The molecule has 0 N–H and O–H groups in total. The Morgan fingerprint density at radius 3 is 2.54 bits per heavy atom. The predicted octanol–water partition coefficient (Wildman–Crippen LogP) is 5.93. The second kappa shape index (κ2) is 7.64. The minimum Gasteiger partial charge on any atom is -0.468 e. The van der Waals surface area contributed by atoms with Crippen LogP contribution in [-0.4, -0.2) is 29.4 Å². The summed E-state index contributed by atoms with van der Waals surface area (Å²) in [5.74, 6) is 2.11. The molecule has 0 amide bonds. The lowest BCUT2D eigenvalue weighted by Gasteiger charge is -2.24. The number of para-hydroxylation sites is 1. The van der Waals surface area contributed by atoms with E-state index in [2.05, 4.69) is 20.9 Å². The molecule has 2 aromatic carbocycles. The Balaban J connectivity index is 1.49. The third-order valence-corrected chi connectivity index (χ3v) is 6.85. The molecule has 0 saturated carbocycles. The summed E-state index contributed by atoms with van der Waals surface area (Å²) in [5.41, 5.74) is 4.99. The monoisotopic (exact) mass is 524 g/mol. The molecule has 8 nitrogen and oxygen atoms in total. The number of benzene rings is 2. The molecule has 1 aliphatic heterocycles. The molecule has 1 unspecified atom stereocenters. The van der Waals surface area contributed by atoms with Crippen molar-refractivity contribution in [1.82, 2.24) is 29.4 Å². The summed E-state index contributed by atoms with van der Waals surface area (Å²) in [6, 6.07) is 21.6. The lowest BCUT2D eigenvalue weighted by atomic mass is 9.88. The minimum atomic E-state index is -0.311. The zero-order valence-corrected chi connectivity index (χ0v) is 20.0. The molecule has 1 atom stereocenters. The molecule has 35 heavy (non-hydrogen) atoms. The van der Waals surface area contributed by atoms with Gasteiger partial charge in [0.1, 0.15) is 12.1 Å². The number of hydrogen-bond acceptors (Lipinski definition) is 6. The maximum absolute atomic E-state index is 6.42. The van der Waals surface area contributed by atoms with Gasteiger partial charge in [-0.2, -0.15) is 5.10 Å². The van der Waals surface area contributed by atoms with Gasteiger partial charge in [-0.1, -0.05) is 46.3 Å². The van der Waals surface area contributed by atoms with E-state index in [0.29, 0.717) is 23.2 Å². The number of furan rings is 1. The second-order valence-electron chi connectivity index (χ2n) is 8.25. The van der Waals surface area contributed by atoms with Crippen LogP contribution in [0.5, 0.6) is 11.8 Å². The SMILES string of the molecule is Cc1nn(-c2ccccc2)c2c1C(c1ccco1)c1c(ncn3nc(-c4ccccc4Br)nc13)O2. The summed E-state index contributed by atoms with van der Waals surface area (Å²) in [4.78, 5) is 9.54. The van der Waals surface area contributed by atoms with Crippen molar-refractivity contribution < 1.29 is 9.15 Å². The van der Waals surface area contributed by atoms with E-state index in [1.807, 2.05) is 78.3 Å². The molecular weight excluding hydrogens is 508 g/mol. The van der Waals surface area contributed by atoms with Gasteiger partial charge >= 0.3 is 0 Å².